The summed E-state index contributed by atoms with van der Waals surface area (Å²) in [5.74, 6) is 0.973. The van der Waals surface area contributed by atoms with E-state index in [4.69, 9.17) is 9.15 Å². The van der Waals surface area contributed by atoms with E-state index in [0.29, 0.717) is 0 Å². The molecule has 2 heteroatoms. The maximum atomic E-state index is 5.79. The van der Waals surface area contributed by atoms with Crippen molar-refractivity contribution in [1.29, 1.82) is 0 Å². The minimum absolute atomic E-state index is 0.215. The number of furan rings is 1. The van der Waals surface area contributed by atoms with Crippen LogP contribution >= 0.6 is 0 Å². The van der Waals surface area contributed by atoms with Crippen molar-refractivity contribution in [2.75, 3.05) is 6.61 Å². The van der Waals surface area contributed by atoms with E-state index in [1.165, 1.54) is 10.9 Å². The standard InChI is InChI=1S/C12H12O2/c1-2-8-4-3-5-9-6-10(11-7-13-11)14-12(8)9/h3-6,11H,2,7H2,1H3/t11-/m0/s1. The lowest BCUT2D eigenvalue weighted by Gasteiger charge is -1.95. The molecule has 0 spiro atoms. The lowest BCUT2D eigenvalue weighted by molar-refractivity contribution is 0.378. The highest BCUT2D eigenvalue weighted by Gasteiger charge is 2.28. The summed E-state index contributed by atoms with van der Waals surface area (Å²) in [7, 11) is 0. The van der Waals surface area contributed by atoms with Crippen molar-refractivity contribution in [3.05, 3.63) is 35.6 Å². The predicted molar refractivity (Wildman–Crippen MR) is 54.3 cm³/mol. The van der Waals surface area contributed by atoms with Gasteiger partial charge >= 0.3 is 0 Å². The second-order valence-corrected chi connectivity index (χ2v) is 3.66. The van der Waals surface area contributed by atoms with Gasteiger partial charge in [0.1, 0.15) is 17.4 Å². The zero-order chi connectivity index (χ0) is 9.54. The van der Waals surface area contributed by atoms with Crippen LogP contribution in [-0.2, 0) is 11.2 Å². The first-order valence-electron chi connectivity index (χ1n) is 5.01. The summed E-state index contributed by atoms with van der Waals surface area (Å²) in [6, 6.07) is 8.37. The molecule has 72 valence electrons. The van der Waals surface area contributed by atoms with Crippen molar-refractivity contribution in [2.45, 2.75) is 19.4 Å². The zero-order valence-corrected chi connectivity index (χ0v) is 8.12. The molecule has 3 rings (SSSR count). The molecule has 0 saturated carbocycles. The summed E-state index contributed by atoms with van der Waals surface area (Å²) in [6.07, 6.45) is 1.22. The highest BCUT2D eigenvalue weighted by atomic mass is 16.6. The molecule has 1 aliphatic heterocycles. The van der Waals surface area contributed by atoms with Gasteiger partial charge < -0.3 is 9.15 Å². The van der Waals surface area contributed by atoms with Crippen LogP contribution in [-0.4, -0.2) is 6.61 Å². The molecule has 1 fully saturated rings. The van der Waals surface area contributed by atoms with Crippen LogP contribution in [0.1, 0.15) is 24.4 Å². The summed E-state index contributed by atoms with van der Waals surface area (Å²) in [5, 5.41) is 1.19. The quantitative estimate of drug-likeness (QED) is 0.677. The van der Waals surface area contributed by atoms with Gasteiger partial charge in [-0.3, -0.25) is 0 Å². The van der Waals surface area contributed by atoms with Crippen molar-refractivity contribution < 1.29 is 9.15 Å². The van der Waals surface area contributed by atoms with Gasteiger partial charge in [-0.15, -0.1) is 0 Å². The average molecular weight is 188 g/mol. The van der Waals surface area contributed by atoms with Gasteiger partial charge in [0.05, 0.1) is 6.61 Å². The van der Waals surface area contributed by atoms with Gasteiger partial charge in [-0.25, -0.2) is 0 Å². The van der Waals surface area contributed by atoms with Gasteiger partial charge in [0.25, 0.3) is 0 Å². The van der Waals surface area contributed by atoms with Gasteiger partial charge in [-0.05, 0) is 18.1 Å². The summed E-state index contributed by atoms with van der Waals surface area (Å²) in [4.78, 5) is 0. The van der Waals surface area contributed by atoms with Crippen LogP contribution in [0.5, 0.6) is 0 Å². The van der Waals surface area contributed by atoms with E-state index in [9.17, 15) is 0 Å². The number of fused-ring (bicyclic) bond motifs is 1. The smallest absolute Gasteiger partial charge is 0.139 e. The number of hydrogen-bond acceptors (Lipinski definition) is 2. The van der Waals surface area contributed by atoms with Gasteiger partial charge in [-0.1, -0.05) is 25.1 Å². The minimum atomic E-state index is 0.215. The van der Waals surface area contributed by atoms with Gasteiger partial charge in [0.15, 0.2) is 0 Å². The van der Waals surface area contributed by atoms with Gasteiger partial charge in [-0.2, -0.15) is 0 Å². The Morgan fingerprint density at radius 2 is 2.29 bits per heavy atom. The third kappa shape index (κ3) is 1.15. The van der Waals surface area contributed by atoms with Gasteiger partial charge in [0.2, 0.25) is 0 Å². The van der Waals surface area contributed by atoms with E-state index in [1.807, 2.05) is 0 Å². The molecule has 1 aliphatic rings. The highest BCUT2D eigenvalue weighted by Crippen LogP contribution is 2.34. The third-order valence-electron chi connectivity index (χ3n) is 2.68. The maximum Gasteiger partial charge on any atom is 0.139 e. The normalized spacial score (nSPS) is 20.2. The molecule has 2 heterocycles. The van der Waals surface area contributed by atoms with Crippen molar-refractivity contribution in [3.8, 4) is 0 Å². The van der Waals surface area contributed by atoms with E-state index in [-0.39, 0.29) is 6.10 Å². The predicted octanol–water partition coefficient (Wildman–Crippen LogP) is 3.07. The molecule has 0 unspecified atom stereocenters. The number of aryl methyl sites for hydroxylation is 1. The van der Waals surface area contributed by atoms with Crippen LogP contribution in [0.4, 0.5) is 0 Å². The van der Waals surface area contributed by atoms with Crippen molar-refractivity contribution in [1.82, 2.24) is 0 Å². The van der Waals surface area contributed by atoms with Crippen LogP contribution < -0.4 is 0 Å². The molecule has 2 aromatic rings. The maximum absolute atomic E-state index is 5.79. The molecule has 0 N–H and O–H groups in total. The molecule has 1 aromatic heterocycles. The summed E-state index contributed by atoms with van der Waals surface area (Å²) >= 11 is 0. The second-order valence-electron chi connectivity index (χ2n) is 3.66. The molecule has 1 atom stereocenters. The van der Waals surface area contributed by atoms with E-state index in [1.54, 1.807) is 0 Å². The fourth-order valence-electron chi connectivity index (χ4n) is 1.79. The first-order valence-corrected chi connectivity index (χ1v) is 5.01. The molecule has 1 saturated heterocycles. The third-order valence-corrected chi connectivity index (χ3v) is 2.68. The number of benzene rings is 1. The molecular weight excluding hydrogens is 176 g/mol. The molecule has 0 amide bonds. The Balaban J connectivity index is 2.20. The number of para-hydroxylation sites is 1. The Morgan fingerprint density at radius 3 is 3.00 bits per heavy atom. The van der Waals surface area contributed by atoms with Crippen molar-refractivity contribution in [3.63, 3.8) is 0 Å². The molecule has 1 aromatic carbocycles. The Morgan fingerprint density at radius 1 is 1.43 bits per heavy atom. The fraction of sp³-hybridized carbons (Fsp3) is 0.333. The molecule has 2 nitrogen and oxygen atoms in total. The topological polar surface area (TPSA) is 25.7 Å². The summed E-state index contributed by atoms with van der Waals surface area (Å²) in [6.45, 7) is 2.95. The molecule has 0 bridgehead atoms. The molecular formula is C12H12O2. The van der Waals surface area contributed by atoms with E-state index in [2.05, 4.69) is 31.2 Å². The van der Waals surface area contributed by atoms with E-state index in [0.717, 1.165) is 24.4 Å². The number of ether oxygens (including phenoxy) is 1. The minimum Gasteiger partial charge on any atom is -0.458 e. The fourth-order valence-corrected chi connectivity index (χ4v) is 1.79. The second kappa shape index (κ2) is 2.85. The Hall–Kier alpha value is -1.28. The van der Waals surface area contributed by atoms with Crippen LogP contribution in [0, 0.1) is 0 Å². The Bertz CT molecular complexity index is 466. The van der Waals surface area contributed by atoms with Crippen molar-refractivity contribution >= 4 is 11.0 Å². The van der Waals surface area contributed by atoms with E-state index < -0.39 is 0 Å². The monoisotopic (exact) mass is 188 g/mol. The van der Waals surface area contributed by atoms with E-state index >= 15 is 0 Å². The van der Waals surface area contributed by atoms with Crippen LogP contribution in [0.3, 0.4) is 0 Å². The van der Waals surface area contributed by atoms with Gasteiger partial charge in [0, 0.05) is 5.39 Å². The molecule has 14 heavy (non-hydrogen) atoms. The summed E-state index contributed by atoms with van der Waals surface area (Å²) in [5.41, 5.74) is 2.30. The molecule has 0 aliphatic carbocycles. The van der Waals surface area contributed by atoms with Crippen LogP contribution in [0.25, 0.3) is 11.0 Å². The largest absolute Gasteiger partial charge is 0.458 e. The lowest BCUT2D eigenvalue weighted by Crippen LogP contribution is -1.78. The van der Waals surface area contributed by atoms with Crippen LogP contribution in [0.2, 0.25) is 0 Å². The number of epoxide rings is 1. The first-order chi connectivity index (χ1) is 6.88. The first kappa shape index (κ1) is 8.06. The summed E-state index contributed by atoms with van der Waals surface area (Å²) < 4.78 is 11.0. The van der Waals surface area contributed by atoms with Crippen molar-refractivity contribution in [2.24, 2.45) is 0 Å². The molecule has 0 radical (unpaired) electrons. The van der Waals surface area contributed by atoms with Crippen LogP contribution in [0.15, 0.2) is 28.7 Å². The number of hydrogen-bond donors (Lipinski definition) is 0. The number of rotatable bonds is 2. The Kier molecular flexibility index (Phi) is 1.64. The average Bonchev–Trinajstić information content (AvgIpc) is 2.97. The zero-order valence-electron chi connectivity index (χ0n) is 8.12. The SMILES string of the molecule is CCc1cccc2cc([C@@H]3CO3)oc12. The highest BCUT2D eigenvalue weighted by molar-refractivity contribution is 5.81. The lowest BCUT2D eigenvalue weighted by atomic mass is 10.1. The Labute approximate surface area is 82.5 Å².